The largest absolute Gasteiger partial charge is 0.493 e. The van der Waals surface area contributed by atoms with Gasteiger partial charge in [0.2, 0.25) is 11.6 Å². The number of halogens is 1. The number of rotatable bonds is 8. The lowest BCUT2D eigenvalue weighted by molar-refractivity contribution is 0.322. The van der Waals surface area contributed by atoms with Crippen LogP contribution in [0, 0.1) is 0 Å². The molecule has 0 saturated carbocycles. The molecule has 1 heterocycles. The van der Waals surface area contributed by atoms with E-state index in [2.05, 4.69) is 41.4 Å². The molecule has 30 heavy (non-hydrogen) atoms. The molecule has 168 valence electrons. The van der Waals surface area contributed by atoms with Gasteiger partial charge in [-0.05, 0) is 19.1 Å². The Morgan fingerprint density at radius 1 is 1.07 bits per heavy atom. The second kappa shape index (κ2) is 11.9. The molecule has 0 atom stereocenters. The van der Waals surface area contributed by atoms with Gasteiger partial charge in [0.05, 0.1) is 40.6 Å². The summed E-state index contributed by atoms with van der Waals surface area (Å²) in [4.78, 5) is 8.98. The van der Waals surface area contributed by atoms with E-state index in [1.807, 2.05) is 19.1 Å². The molecule has 9 heteroatoms. The van der Waals surface area contributed by atoms with Crippen LogP contribution in [-0.4, -0.2) is 38.8 Å². The molecule has 0 aliphatic carbocycles. The van der Waals surface area contributed by atoms with E-state index in [0.29, 0.717) is 42.2 Å². The molecule has 1 aromatic carbocycles. The highest BCUT2D eigenvalue weighted by Crippen LogP contribution is 2.39. The van der Waals surface area contributed by atoms with Crippen LogP contribution in [0.4, 0.5) is 0 Å². The maximum Gasteiger partial charge on any atom is 0.213 e. The van der Waals surface area contributed by atoms with Crippen molar-refractivity contribution in [1.29, 1.82) is 0 Å². The van der Waals surface area contributed by atoms with E-state index in [1.54, 1.807) is 27.5 Å². The molecule has 0 spiro atoms. The van der Waals surface area contributed by atoms with Gasteiger partial charge in [0, 0.05) is 17.5 Å². The van der Waals surface area contributed by atoms with Crippen LogP contribution in [0.15, 0.2) is 27.7 Å². The zero-order chi connectivity index (χ0) is 21.4. The molecule has 1 aromatic heterocycles. The molecule has 2 N–H and O–H groups in total. The third kappa shape index (κ3) is 6.68. The Kier molecular flexibility index (Phi) is 10.2. The second-order valence-corrected chi connectivity index (χ2v) is 7.41. The third-order valence-corrected chi connectivity index (χ3v) is 4.24. The fraction of sp³-hybridized carbons (Fsp3) is 0.524. The number of aliphatic imine (C=N–C) groups is 1. The van der Waals surface area contributed by atoms with E-state index in [-0.39, 0.29) is 29.4 Å². The van der Waals surface area contributed by atoms with Crippen molar-refractivity contribution in [3.63, 3.8) is 0 Å². The number of methoxy groups -OCH3 is 3. The molecule has 0 aliphatic rings. The SMILES string of the molecule is CCNC(=NCc1ccc(OC)c(OC)c1OC)NCc1ncc(C(C)(C)C)o1.I. The normalized spacial score (nSPS) is 11.5. The first-order valence-electron chi connectivity index (χ1n) is 9.59. The van der Waals surface area contributed by atoms with Gasteiger partial charge < -0.3 is 29.3 Å². The topological polar surface area (TPSA) is 90.1 Å². The first kappa shape index (κ1) is 25.9. The van der Waals surface area contributed by atoms with Gasteiger partial charge in [0.1, 0.15) is 5.76 Å². The molecule has 8 nitrogen and oxygen atoms in total. The number of nitrogens with zero attached hydrogens (tertiary/aromatic N) is 2. The molecular formula is C21H33IN4O4. The summed E-state index contributed by atoms with van der Waals surface area (Å²) < 4.78 is 22.1. The molecule has 0 aliphatic heterocycles. The summed E-state index contributed by atoms with van der Waals surface area (Å²) >= 11 is 0. The third-order valence-electron chi connectivity index (χ3n) is 4.24. The summed E-state index contributed by atoms with van der Waals surface area (Å²) in [6.45, 7) is 9.85. The van der Waals surface area contributed by atoms with Crippen molar-refractivity contribution in [1.82, 2.24) is 15.6 Å². The monoisotopic (exact) mass is 532 g/mol. The maximum atomic E-state index is 5.82. The van der Waals surface area contributed by atoms with E-state index in [1.165, 1.54) is 0 Å². The standard InChI is InChI=1S/C21H32N4O4.HI/c1-8-22-20(25-13-17-23-12-16(29-17)21(2,3)4)24-11-14-9-10-15(26-5)19(28-7)18(14)27-6;/h9-10,12H,8,11,13H2,1-7H3,(H2,22,24,25);1H. The quantitative estimate of drug-likeness (QED) is 0.303. The Morgan fingerprint density at radius 2 is 1.77 bits per heavy atom. The lowest BCUT2D eigenvalue weighted by Crippen LogP contribution is -2.36. The van der Waals surface area contributed by atoms with Gasteiger partial charge in [0.25, 0.3) is 0 Å². The second-order valence-electron chi connectivity index (χ2n) is 7.41. The summed E-state index contributed by atoms with van der Waals surface area (Å²) in [7, 11) is 4.78. The average Bonchev–Trinajstić information content (AvgIpc) is 3.18. The number of guanidine groups is 1. The molecule has 0 saturated heterocycles. The molecule has 0 radical (unpaired) electrons. The summed E-state index contributed by atoms with van der Waals surface area (Å²) in [5.41, 5.74) is 0.807. The fourth-order valence-corrected chi connectivity index (χ4v) is 2.69. The van der Waals surface area contributed by atoms with Gasteiger partial charge in [-0.1, -0.05) is 20.8 Å². The molecule has 0 amide bonds. The average molecular weight is 532 g/mol. The number of hydrogen-bond acceptors (Lipinski definition) is 6. The Morgan fingerprint density at radius 3 is 2.30 bits per heavy atom. The smallest absolute Gasteiger partial charge is 0.213 e. The maximum absolute atomic E-state index is 5.82. The first-order chi connectivity index (χ1) is 13.8. The molecule has 2 aromatic rings. The van der Waals surface area contributed by atoms with Crippen molar-refractivity contribution < 1.29 is 18.6 Å². The molecule has 0 bridgehead atoms. The number of nitrogens with one attached hydrogen (secondary N) is 2. The summed E-state index contributed by atoms with van der Waals surface area (Å²) in [5, 5.41) is 6.47. The van der Waals surface area contributed by atoms with Crippen molar-refractivity contribution in [2.75, 3.05) is 27.9 Å². The van der Waals surface area contributed by atoms with E-state index in [9.17, 15) is 0 Å². The van der Waals surface area contributed by atoms with E-state index >= 15 is 0 Å². The summed E-state index contributed by atoms with van der Waals surface area (Å²) in [6, 6.07) is 3.75. The van der Waals surface area contributed by atoms with Gasteiger partial charge in [-0.15, -0.1) is 24.0 Å². The Hall–Kier alpha value is -2.17. The lowest BCUT2D eigenvalue weighted by Gasteiger charge is -2.15. The molecule has 0 unspecified atom stereocenters. The van der Waals surface area contributed by atoms with Crippen LogP contribution in [0.2, 0.25) is 0 Å². The van der Waals surface area contributed by atoms with E-state index in [0.717, 1.165) is 17.9 Å². The zero-order valence-corrected chi connectivity index (χ0v) is 21.1. The molecular weight excluding hydrogens is 499 g/mol. The van der Waals surface area contributed by atoms with Crippen LogP contribution < -0.4 is 24.8 Å². The first-order valence-corrected chi connectivity index (χ1v) is 9.59. The van der Waals surface area contributed by atoms with Crippen molar-refractivity contribution in [3.05, 3.63) is 35.5 Å². The van der Waals surface area contributed by atoms with Gasteiger partial charge in [0.15, 0.2) is 17.5 Å². The molecule has 2 rings (SSSR count). The van der Waals surface area contributed by atoms with E-state index < -0.39 is 0 Å². The van der Waals surface area contributed by atoms with Gasteiger partial charge in [-0.2, -0.15) is 0 Å². The van der Waals surface area contributed by atoms with Crippen LogP contribution >= 0.6 is 24.0 Å². The van der Waals surface area contributed by atoms with Crippen LogP contribution in [0.5, 0.6) is 17.2 Å². The number of aromatic nitrogens is 1. The van der Waals surface area contributed by atoms with Crippen molar-refractivity contribution in [2.24, 2.45) is 4.99 Å². The summed E-state index contributed by atoms with van der Waals surface area (Å²) in [6.07, 6.45) is 1.77. The van der Waals surface area contributed by atoms with Crippen molar-refractivity contribution in [2.45, 2.75) is 46.2 Å². The van der Waals surface area contributed by atoms with Crippen molar-refractivity contribution in [3.8, 4) is 17.2 Å². The number of oxazole rings is 1. The fourth-order valence-electron chi connectivity index (χ4n) is 2.69. The Labute approximate surface area is 195 Å². The lowest BCUT2D eigenvalue weighted by atomic mass is 9.94. The minimum atomic E-state index is -0.0756. The van der Waals surface area contributed by atoms with Gasteiger partial charge in [-0.3, -0.25) is 0 Å². The highest BCUT2D eigenvalue weighted by atomic mass is 127. The van der Waals surface area contributed by atoms with Crippen LogP contribution in [0.25, 0.3) is 0 Å². The van der Waals surface area contributed by atoms with E-state index in [4.69, 9.17) is 18.6 Å². The van der Waals surface area contributed by atoms with Crippen LogP contribution in [0.3, 0.4) is 0 Å². The summed E-state index contributed by atoms with van der Waals surface area (Å²) in [5.74, 6) is 3.89. The predicted octanol–water partition coefficient (Wildman–Crippen LogP) is 3.87. The van der Waals surface area contributed by atoms with Crippen LogP contribution in [-0.2, 0) is 18.5 Å². The zero-order valence-electron chi connectivity index (χ0n) is 18.8. The number of ether oxygens (including phenoxy) is 3. The van der Waals surface area contributed by atoms with Gasteiger partial charge in [-0.25, -0.2) is 9.98 Å². The Bertz CT molecular complexity index is 831. The highest BCUT2D eigenvalue weighted by Gasteiger charge is 2.19. The highest BCUT2D eigenvalue weighted by molar-refractivity contribution is 14.0. The minimum Gasteiger partial charge on any atom is -0.493 e. The van der Waals surface area contributed by atoms with Gasteiger partial charge >= 0.3 is 0 Å². The minimum absolute atomic E-state index is 0. The predicted molar refractivity (Wildman–Crippen MR) is 128 cm³/mol. The number of benzene rings is 1. The Balaban J connectivity index is 0.00000450. The molecule has 0 fully saturated rings. The van der Waals surface area contributed by atoms with Crippen molar-refractivity contribution >= 4 is 29.9 Å². The number of hydrogen-bond donors (Lipinski definition) is 2. The van der Waals surface area contributed by atoms with Crippen LogP contribution in [0.1, 0.15) is 44.9 Å².